The molecule has 1 aromatic carbocycles. The van der Waals surface area contributed by atoms with Crippen LogP contribution in [0.2, 0.25) is 10.0 Å². The molecule has 4 nitrogen and oxygen atoms in total. The van der Waals surface area contributed by atoms with Crippen LogP contribution in [-0.4, -0.2) is 20.2 Å². The molecule has 0 unspecified atom stereocenters. The second-order valence-corrected chi connectivity index (χ2v) is 3.52. The summed E-state index contributed by atoms with van der Waals surface area (Å²) in [4.78, 5) is 17.2. The SMILES string of the molecule is CONC(=O)N(C)c1cc(Cl)[c]c(Cl)c1. The smallest absolute Gasteiger partial charge is 0.296 e. The molecule has 1 rings (SSSR count). The highest BCUT2D eigenvalue weighted by molar-refractivity contribution is 6.34. The summed E-state index contributed by atoms with van der Waals surface area (Å²) < 4.78 is 0. The van der Waals surface area contributed by atoms with Crippen LogP contribution in [0.15, 0.2) is 12.1 Å². The maximum absolute atomic E-state index is 11.4. The van der Waals surface area contributed by atoms with E-state index < -0.39 is 6.03 Å². The summed E-state index contributed by atoms with van der Waals surface area (Å²) >= 11 is 11.5. The van der Waals surface area contributed by atoms with Crippen LogP contribution in [0.4, 0.5) is 10.5 Å². The van der Waals surface area contributed by atoms with Gasteiger partial charge in [0, 0.05) is 18.8 Å². The van der Waals surface area contributed by atoms with Crippen molar-refractivity contribution in [1.82, 2.24) is 5.48 Å². The Labute approximate surface area is 97.7 Å². The predicted molar refractivity (Wildman–Crippen MR) is 59.2 cm³/mol. The summed E-state index contributed by atoms with van der Waals surface area (Å²) in [6.07, 6.45) is 0. The number of anilines is 1. The molecule has 0 spiro atoms. The highest BCUT2D eigenvalue weighted by Gasteiger charge is 2.11. The second-order valence-electron chi connectivity index (χ2n) is 2.70. The van der Waals surface area contributed by atoms with Crippen molar-refractivity contribution >= 4 is 34.9 Å². The summed E-state index contributed by atoms with van der Waals surface area (Å²) in [6, 6.07) is 5.40. The quantitative estimate of drug-likeness (QED) is 0.817. The molecule has 15 heavy (non-hydrogen) atoms. The Morgan fingerprint density at radius 3 is 2.47 bits per heavy atom. The zero-order chi connectivity index (χ0) is 11.4. The van der Waals surface area contributed by atoms with Gasteiger partial charge >= 0.3 is 6.03 Å². The Balaban J connectivity index is 2.90. The molecule has 0 bridgehead atoms. The fourth-order valence-corrected chi connectivity index (χ4v) is 1.43. The zero-order valence-electron chi connectivity index (χ0n) is 8.17. The molecular formula is C9H9Cl2N2O2. The number of carbonyl (C=O) groups excluding carboxylic acids is 1. The first-order chi connectivity index (χ1) is 7.04. The van der Waals surface area contributed by atoms with Gasteiger partial charge in [-0.25, -0.2) is 10.3 Å². The van der Waals surface area contributed by atoms with E-state index in [1.165, 1.54) is 12.0 Å². The fraction of sp³-hybridized carbons (Fsp3) is 0.222. The number of amides is 2. The molecule has 0 aromatic heterocycles. The highest BCUT2D eigenvalue weighted by atomic mass is 35.5. The van der Waals surface area contributed by atoms with Crippen molar-refractivity contribution in [2.24, 2.45) is 0 Å². The monoisotopic (exact) mass is 247 g/mol. The topological polar surface area (TPSA) is 41.6 Å². The minimum absolute atomic E-state index is 0.342. The largest absolute Gasteiger partial charge is 0.345 e. The van der Waals surface area contributed by atoms with Gasteiger partial charge in [0.2, 0.25) is 0 Å². The van der Waals surface area contributed by atoms with Crippen molar-refractivity contribution in [2.75, 3.05) is 19.1 Å². The van der Waals surface area contributed by atoms with E-state index in [1.807, 2.05) is 0 Å². The standard InChI is InChI=1S/C9H9Cl2N2O2/c1-13(9(14)12-15-2)8-4-6(10)3-7(11)5-8/h4-5H,1-2H3,(H,12,14). The minimum Gasteiger partial charge on any atom is -0.296 e. The van der Waals surface area contributed by atoms with Gasteiger partial charge in [-0.3, -0.25) is 9.74 Å². The first-order valence-electron chi connectivity index (χ1n) is 3.99. The Morgan fingerprint density at radius 1 is 1.47 bits per heavy atom. The number of nitrogens with one attached hydrogen (secondary N) is 1. The normalized spacial score (nSPS) is 9.87. The second kappa shape index (κ2) is 5.21. The number of nitrogens with zero attached hydrogens (tertiary/aromatic N) is 1. The maximum atomic E-state index is 11.4. The van der Waals surface area contributed by atoms with Gasteiger partial charge in [0.15, 0.2) is 0 Å². The van der Waals surface area contributed by atoms with Gasteiger partial charge in [0.05, 0.1) is 17.2 Å². The van der Waals surface area contributed by atoms with E-state index in [1.54, 1.807) is 19.2 Å². The van der Waals surface area contributed by atoms with Crippen molar-refractivity contribution in [3.8, 4) is 0 Å². The van der Waals surface area contributed by atoms with Crippen molar-refractivity contribution in [3.05, 3.63) is 28.2 Å². The van der Waals surface area contributed by atoms with E-state index in [-0.39, 0.29) is 0 Å². The van der Waals surface area contributed by atoms with Crippen LogP contribution in [-0.2, 0) is 4.84 Å². The number of hydrogen-bond acceptors (Lipinski definition) is 2. The minimum atomic E-state index is -0.421. The molecular weight excluding hydrogens is 239 g/mol. The van der Waals surface area contributed by atoms with E-state index in [0.29, 0.717) is 15.7 Å². The molecule has 6 heteroatoms. The average Bonchev–Trinajstić information content (AvgIpc) is 2.15. The average molecular weight is 248 g/mol. The Kier molecular flexibility index (Phi) is 4.20. The van der Waals surface area contributed by atoms with E-state index in [0.717, 1.165) is 0 Å². The third kappa shape index (κ3) is 3.27. The number of halogens is 2. The van der Waals surface area contributed by atoms with Gasteiger partial charge in [-0.05, 0) is 12.1 Å². The third-order valence-electron chi connectivity index (χ3n) is 1.67. The molecule has 0 atom stereocenters. The van der Waals surface area contributed by atoms with Crippen LogP contribution in [0, 0.1) is 6.07 Å². The molecule has 0 fully saturated rings. The van der Waals surface area contributed by atoms with E-state index in [4.69, 9.17) is 23.2 Å². The van der Waals surface area contributed by atoms with Crippen LogP contribution < -0.4 is 10.4 Å². The molecule has 1 N–H and O–H groups in total. The molecule has 1 aromatic rings. The number of carbonyl (C=O) groups is 1. The summed E-state index contributed by atoms with van der Waals surface area (Å²) in [5.74, 6) is 0. The summed E-state index contributed by atoms with van der Waals surface area (Å²) in [5, 5.41) is 0.684. The lowest BCUT2D eigenvalue weighted by atomic mass is 10.3. The van der Waals surface area contributed by atoms with Crippen LogP contribution in [0.3, 0.4) is 0 Å². The molecule has 2 amide bonds. The van der Waals surface area contributed by atoms with Crippen LogP contribution in [0.1, 0.15) is 0 Å². The lowest BCUT2D eigenvalue weighted by Gasteiger charge is -2.17. The summed E-state index contributed by atoms with van der Waals surface area (Å²) in [6.45, 7) is 0. The maximum Gasteiger partial charge on any atom is 0.345 e. The van der Waals surface area contributed by atoms with E-state index in [2.05, 4.69) is 16.4 Å². The lowest BCUT2D eigenvalue weighted by molar-refractivity contribution is 0.111. The van der Waals surface area contributed by atoms with Crippen LogP contribution in [0.5, 0.6) is 0 Å². The van der Waals surface area contributed by atoms with Crippen molar-refractivity contribution in [1.29, 1.82) is 0 Å². The van der Waals surface area contributed by atoms with Gasteiger partial charge in [-0.2, -0.15) is 0 Å². The predicted octanol–water partition coefficient (Wildman–Crippen LogP) is 2.50. The molecule has 0 saturated heterocycles. The number of benzene rings is 1. The van der Waals surface area contributed by atoms with Crippen molar-refractivity contribution in [2.45, 2.75) is 0 Å². The highest BCUT2D eigenvalue weighted by Crippen LogP contribution is 2.23. The molecule has 0 aliphatic heterocycles. The van der Waals surface area contributed by atoms with Crippen molar-refractivity contribution < 1.29 is 9.63 Å². The number of hydroxylamine groups is 1. The Hall–Kier alpha value is -0.970. The first-order valence-corrected chi connectivity index (χ1v) is 4.75. The Bertz CT molecular complexity index is 351. The molecule has 1 radical (unpaired) electrons. The number of hydrogen-bond donors (Lipinski definition) is 1. The summed E-state index contributed by atoms with van der Waals surface area (Å²) in [5.41, 5.74) is 2.73. The van der Waals surface area contributed by atoms with E-state index in [9.17, 15) is 4.79 Å². The van der Waals surface area contributed by atoms with Crippen LogP contribution >= 0.6 is 23.2 Å². The van der Waals surface area contributed by atoms with Gasteiger partial charge in [0.25, 0.3) is 0 Å². The van der Waals surface area contributed by atoms with Gasteiger partial charge in [0.1, 0.15) is 0 Å². The number of rotatable bonds is 2. The Morgan fingerprint density at radius 2 is 2.00 bits per heavy atom. The zero-order valence-corrected chi connectivity index (χ0v) is 9.69. The van der Waals surface area contributed by atoms with Crippen molar-refractivity contribution in [3.63, 3.8) is 0 Å². The molecule has 0 aliphatic rings. The molecule has 81 valence electrons. The molecule has 0 aliphatic carbocycles. The van der Waals surface area contributed by atoms with Gasteiger partial charge < -0.3 is 0 Å². The number of urea groups is 1. The fourth-order valence-electron chi connectivity index (χ4n) is 0.954. The lowest BCUT2D eigenvalue weighted by Crippen LogP contribution is -2.36. The first kappa shape index (κ1) is 12.1. The molecule has 0 saturated carbocycles. The molecule has 0 heterocycles. The van der Waals surface area contributed by atoms with Crippen LogP contribution in [0.25, 0.3) is 0 Å². The van der Waals surface area contributed by atoms with E-state index >= 15 is 0 Å². The summed E-state index contributed by atoms with van der Waals surface area (Å²) in [7, 11) is 2.92. The van der Waals surface area contributed by atoms with Gasteiger partial charge in [-0.15, -0.1) is 0 Å². The van der Waals surface area contributed by atoms with Gasteiger partial charge in [-0.1, -0.05) is 23.2 Å². The third-order valence-corrected chi connectivity index (χ3v) is 2.08.